The molecule has 10 nitrogen and oxygen atoms in total. The second-order valence-corrected chi connectivity index (χ2v) is 9.19. The van der Waals surface area contributed by atoms with E-state index in [-0.39, 0.29) is 29.6 Å². The third kappa shape index (κ3) is 6.40. The van der Waals surface area contributed by atoms with Crippen LogP contribution in [0.1, 0.15) is 22.3 Å². The number of nitrogens with zero attached hydrogens (tertiary/aromatic N) is 1. The second kappa shape index (κ2) is 12.8. The summed E-state index contributed by atoms with van der Waals surface area (Å²) in [5.74, 6) is 0.101. The number of benzene rings is 2. The van der Waals surface area contributed by atoms with E-state index in [2.05, 4.69) is 11.0 Å². The van der Waals surface area contributed by atoms with Crippen molar-refractivity contribution in [3.63, 3.8) is 0 Å². The molecule has 2 heterocycles. The van der Waals surface area contributed by atoms with Gasteiger partial charge in [0.15, 0.2) is 11.5 Å². The summed E-state index contributed by atoms with van der Waals surface area (Å²) in [4.78, 5) is 13.5. The van der Waals surface area contributed by atoms with Crippen LogP contribution in [-0.2, 0) is 35.3 Å². The minimum Gasteiger partial charge on any atom is -0.547 e. The molecule has 0 aliphatic carbocycles. The Balaban J connectivity index is 0.00000380. The summed E-state index contributed by atoms with van der Waals surface area (Å²) in [5.41, 5.74) is 4.46. The van der Waals surface area contributed by atoms with Gasteiger partial charge >= 0.3 is 29.6 Å². The summed E-state index contributed by atoms with van der Waals surface area (Å²) >= 11 is 0. The van der Waals surface area contributed by atoms with Crippen molar-refractivity contribution >= 4 is 5.97 Å². The Labute approximate surface area is 238 Å². The molecule has 37 heavy (non-hydrogen) atoms. The van der Waals surface area contributed by atoms with Gasteiger partial charge in [-0.25, -0.2) is 0 Å². The Morgan fingerprint density at radius 2 is 1.68 bits per heavy atom. The monoisotopic (exact) mass is 525 g/mol. The number of carboxylic acid groups (broad SMARTS) is 1. The quantitative estimate of drug-likeness (QED) is 0.336. The van der Waals surface area contributed by atoms with E-state index in [1.807, 2.05) is 25.2 Å². The van der Waals surface area contributed by atoms with Gasteiger partial charge in [-0.05, 0) is 61.2 Å². The van der Waals surface area contributed by atoms with Gasteiger partial charge < -0.3 is 49.1 Å². The van der Waals surface area contributed by atoms with Crippen molar-refractivity contribution in [2.24, 2.45) is 0 Å². The molecule has 0 spiro atoms. The van der Waals surface area contributed by atoms with Crippen LogP contribution in [0.5, 0.6) is 17.2 Å². The third-order valence-corrected chi connectivity index (χ3v) is 6.83. The van der Waals surface area contributed by atoms with Gasteiger partial charge in [-0.15, -0.1) is 0 Å². The maximum atomic E-state index is 11.3. The summed E-state index contributed by atoms with van der Waals surface area (Å²) in [5, 5.41) is 41.4. The molecule has 1 saturated heterocycles. The number of hydrogen-bond acceptors (Lipinski definition) is 10. The van der Waals surface area contributed by atoms with Crippen LogP contribution < -0.4 is 48.9 Å². The SMILES string of the molecule is COc1ccc2c(c1OC)CN(C)CCc1cc(O[C@@H]3O[C@H](C(=O)[O-])[C@@H](O)[C@H](O)[C@H]3O)ccc1CC2.[Na+]. The van der Waals surface area contributed by atoms with E-state index in [0.717, 1.165) is 48.2 Å². The second-order valence-electron chi connectivity index (χ2n) is 9.19. The van der Waals surface area contributed by atoms with Crippen LogP contribution in [0.3, 0.4) is 0 Å². The minimum atomic E-state index is -1.83. The fourth-order valence-corrected chi connectivity index (χ4v) is 4.80. The molecule has 1 fully saturated rings. The number of aryl methyl sites for hydroxylation is 2. The molecular weight excluding hydrogens is 493 g/mol. The van der Waals surface area contributed by atoms with Gasteiger partial charge in [-0.2, -0.15) is 0 Å². The number of carbonyl (C=O) groups excluding carboxylic acids is 1. The summed E-state index contributed by atoms with van der Waals surface area (Å²) in [6.07, 6.45) is -6.24. The third-order valence-electron chi connectivity index (χ3n) is 6.83. The Hall–Kier alpha value is -1.89. The van der Waals surface area contributed by atoms with Gasteiger partial charge in [0, 0.05) is 18.7 Å². The standard InChI is InChI=1S/C26H33NO9.Na/c1-27-11-10-16-12-17(35-26-22(30)20(28)21(29)24(36-26)25(31)32)8-6-14(16)4-5-15-7-9-19(33-2)23(34-3)18(15)13-27;/h6-9,12,20-22,24,26,28-30H,4-5,10-11,13H2,1-3H3,(H,31,32);/q;+1/p-1/t20-,21-,22+,24-,26+;/m0./s1. The minimum absolute atomic E-state index is 0. The molecule has 2 aliphatic rings. The van der Waals surface area contributed by atoms with Crippen LogP contribution in [-0.4, -0.2) is 84.7 Å². The predicted molar refractivity (Wildman–Crippen MR) is 126 cm³/mol. The van der Waals surface area contributed by atoms with E-state index in [4.69, 9.17) is 18.9 Å². The van der Waals surface area contributed by atoms with Gasteiger partial charge in [0.2, 0.25) is 6.29 Å². The molecule has 0 unspecified atom stereocenters. The largest absolute Gasteiger partial charge is 1.00 e. The number of carbonyl (C=O) groups is 1. The van der Waals surface area contributed by atoms with Crippen molar-refractivity contribution < 1.29 is 73.7 Å². The van der Waals surface area contributed by atoms with E-state index >= 15 is 0 Å². The molecule has 11 heteroatoms. The molecule has 0 radical (unpaired) electrons. The van der Waals surface area contributed by atoms with Crippen molar-refractivity contribution in [2.45, 2.75) is 56.5 Å². The number of aliphatic hydroxyl groups excluding tert-OH is 3. The summed E-state index contributed by atoms with van der Waals surface area (Å²) in [6.45, 7) is 1.44. The Morgan fingerprint density at radius 3 is 2.35 bits per heavy atom. The molecule has 2 aromatic carbocycles. The van der Waals surface area contributed by atoms with Crippen LogP contribution in [0, 0.1) is 0 Å². The van der Waals surface area contributed by atoms with Gasteiger partial charge in [0.05, 0.1) is 20.2 Å². The van der Waals surface area contributed by atoms with E-state index in [1.165, 1.54) is 5.56 Å². The zero-order valence-electron chi connectivity index (χ0n) is 21.5. The van der Waals surface area contributed by atoms with Gasteiger partial charge in [-0.1, -0.05) is 12.1 Å². The van der Waals surface area contributed by atoms with Crippen LogP contribution in [0.15, 0.2) is 30.3 Å². The first-order valence-corrected chi connectivity index (χ1v) is 11.8. The number of rotatable bonds is 5. The van der Waals surface area contributed by atoms with Crippen molar-refractivity contribution in [2.75, 3.05) is 27.8 Å². The fraction of sp³-hybridized carbons (Fsp3) is 0.500. The fourth-order valence-electron chi connectivity index (χ4n) is 4.80. The number of fused-ring (bicyclic) bond motifs is 2. The molecule has 0 saturated carbocycles. The average molecular weight is 526 g/mol. The van der Waals surface area contributed by atoms with Crippen LogP contribution in [0.2, 0.25) is 0 Å². The predicted octanol–water partition coefficient (Wildman–Crippen LogP) is -3.58. The van der Waals surface area contributed by atoms with E-state index in [1.54, 1.807) is 20.3 Å². The first-order valence-electron chi connectivity index (χ1n) is 11.8. The summed E-state index contributed by atoms with van der Waals surface area (Å²) in [6, 6.07) is 9.47. The number of ether oxygens (including phenoxy) is 4. The van der Waals surface area contributed by atoms with Crippen molar-refractivity contribution in [1.29, 1.82) is 0 Å². The molecule has 0 aromatic heterocycles. The molecule has 0 bridgehead atoms. The Kier molecular flexibility index (Phi) is 10.2. The number of hydrogen-bond donors (Lipinski definition) is 3. The number of aliphatic carboxylic acids is 1. The molecule has 2 aromatic rings. The van der Waals surface area contributed by atoms with Gasteiger partial charge in [-0.3, -0.25) is 0 Å². The van der Waals surface area contributed by atoms with Crippen molar-refractivity contribution in [3.8, 4) is 17.2 Å². The van der Waals surface area contributed by atoms with E-state index < -0.39 is 36.7 Å². The number of methoxy groups -OCH3 is 2. The Morgan fingerprint density at radius 1 is 0.973 bits per heavy atom. The maximum Gasteiger partial charge on any atom is 1.00 e. The topological polar surface area (TPSA) is 141 Å². The maximum absolute atomic E-state index is 11.3. The van der Waals surface area contributed by atoms with Crippen LogP contribution in [0.25, 0.3) is 0 Å². The van der Waals surface area contributed by atoms with Crippen molar-refractivity contribution in [3.05, 3.63) is 52.6 Å². The molecule has 196 valence electrons. The van der Waals surface area contributed by atoms with Gasteiger partial charge in [0.25, 0.3) is 0 Å². The number of aliphatic hydroxyl groups is 3. The Bertz CT molecular complexity index is 1100. The molecule has 0 amide bonds. The molecule has 5 atom stereocenters. The first-order chi connectivity index (χ1) is 17.2. The summed E-state index contributed by atoms with van der Waals surface area (Å²) in [7, 11) is 5.31. The molecule has 4 rings (SSSR count). The molecule has 2 aliphatic heterocycles. The smallest absolute Gasteiger partial charge is 0.547 e. The van der Waals surface area contributed by atoms with Crippen LogP contribution in [0.4, 0.5) is 0 Å². The van der Waals surface area contributed by atoms with E-state index in [0.29, 0.717) is 18.0 Å². The zero-order valence-corrected chi connectivity index (χ0v) is 23.5. The van der Waals surface area contributed by atoms with Crippen molar-refractivity contribution in [1.82, 2.24) is 4.90 Å². The normalized spacial score (nSPS) is 26.2. The van der Waals surface area contributed by atoms with Gasteiger partial charge in [0.1, 0.15) is 30.2 Å². The molecule has 3 N–H and O–H groups in total. The number of likely N-dealkylation sites (N-methyl/N-ethyl adjacent to an activating group) is 1. The molecular formula is C26H32NNaO9. The summed E-state index contributed by atoms with van der Waals surface area (Å²) < 4.78 is 22.1. The average Bonchev–Trinajstić information content (AvgIpc) is 2.86. The zero-order chi connectivity index (χ0) is 26.0. The van der Waals surface area contributed by atoms with E-state index in [9.17, 15) is 25.2 Å². The first kappa shape index (κ1) is 29.7. The number of carboxylic acids is 1. The van der Waals surface area contributed by atoms with Crippen LogP contribution >= 0.6 is 0 Å².